The van der Waals surface area contributed by atoms with E-state index in [0.717, 1.165) is 34.8 Å². The fourth-order valence-corrected chi connectivity index (χ4v) is 4.22. The van der Waals surface area contributed by atoms with Crippen LogP contribution in [-0.4, -0.2) is 27.7 Å². The molecule has 11 heteroatoms. The van der Waals surface area contributed by atoms with Crippen LogP contribution in [0.2, 0.25) is 0 Å². The number of alkyl halides is 3. The Hall–Kier alpha value is -2.92. The lowest BCUT2D eigenvalue weighted by Gasteiger charge is -2.27. The van der Waals surface area contributed by atoms with Crippen LogP contribution in [0.15, 0.2) is 66.0 Å². The predicted octanol–water partition coefficient (Wildman–Crippen LogP) is 3.98. The fourth-order valence-electron chi connectivity index (χ4n) is 2.70. The van der Waals surface area contributed by atoms with Gasteiger partial charge in [0.2, 0.25) is 16.0 Å². The third-order valence-electron chi connectivity index (χ3n) is 4.32. The Morgan fingerprint density at radius 2 is 1.77 bits per heavy atom. The SMILES string of the molecule is CC(c1ccccn1)N(Cc1ccc(C(F)(F)F)cn1)S(=O)(=O)c1ccc(F)nc1. The number of halogens is 4. The van der Waals surface area contributed by atoms with Crippen LogP contribution in [0.4, 0.5) is 17.6 Å². The summed E-state index contributed by atoms with van der Waals surface area (Å²) in [7, 11) is -4.20. The van der Waals surface area contributed by atoms with Crippen LogP contribution in [-0.2, 0) is 22.7 Å². The van der Waals surface area contributed by atoms with Crippen molar-refractivity contribution in [2.24, 2.45) is 0 Å². The highest BCUT2D eigenvalue weighted by Gasteiger charge is 2.33. The van der Waals surface area contributed by atoms with Gasteiger partial charge in [-0.1, -0.05) is 6.07 Å². The largest absolute Gasteiger partial charge is 0.417 e. The van der Waals surface area contributed by atoms with Gasteiger partial charge in [0.15, 0.2) is 0 Å². The second-order valence-electron chi connectivity index (χ2n) is 6.33. The number of hydrogen-bond donors (Lipinski definition) is 0. The highest BCUT2D eigenvalue weighted by atomic mass is 32.2. The Kier molecular flexibility index (Phi) is 6.13. The average Bonchev–Trinajstić information content (AvgIpc) is 2.72. The minimum Gasteiger partial charge on any atom is -0.260 e. The van der Waals surface area contributed by atoms with Crippen LogP contribution < -0.4 is 0 Å². The van der Waals surface area contributed by atoms with Crippen LogP contribution in [0, 0.1) is 5.95 Å². The monoisotopic (exact) mass is 440 g/mol. The summed E-state index contributed by atoms with van der Waals surface area (Å²) in [5.74, 6) is -0.845. The highest BCUT2D eigenvalue weighted by Crippen LogP contribution is 2.30. The predicted molar refractivity (Wildman–Crippen MR) is 98.8 cm³/mol. The van der Waals surface area contributed by atoms with Crippen LogP contribution in [0.5, 0.6) is 0 Å². The standard InChI is InChI=1S/C19H16F4N4O2S/c1-13(17-4-2-3-9-24-17)27(30(28,29)16-7-8-18(20)26-11-16)12-15-6-5-14(10-25-15)19(21,22)23/h2-11,13H,12H2,1H3. The van der Waals surface area contributed by atoms with Gasteiger partial charge in [0, 0.05) is 12.4 Å². The molecule has 0 N–H and O–H groups in total. The first-order chi connectivity index (χ1) is 14.1. The van der Waals surface area contributed by atoms with Crippen molar-refractivity contribution in [3.05, 3.63) is 84.0 Å². The van der Waals surface area contributed by atoms with E-state index in [1.165, 1.54) is 6.20 Å². The first-order valence-corrected chi connectivity index (χ1v) is 10.1. The van der Waals surface area contributed by atoms with Crippen molar-refractivity contribution >= 4 is 10.0 Å². The first kappa shape index (κ1) is 21.8. The van der Waals surface area contributed by atoms with Gasteiger partial charge in [0.25, 0.3) is 0 Å². The molecule has 3 aromatic heterocycles. The van der Waals surface area contributed by atoms with Crippen molar-refractivity contribution in [1.29, 1.82) is 0 Å². The number of hydrogen-bond acceptors (Lipinski definition) is 5. The zero-order valence-electron chi connectivity index (χ0n) is 15.6. The van der Waals surface area contributed by atoms with E-state index in [1.807, 2.05) is 0 Å². The second kappa shape index (κ2) is 8.44. The third kappa shape index (κ3) is 4.79. The van der Waals surface area contributed by atoms with Gasteiger partial charge in [-0.05, 0) is 43.3 Å². The zero-order chi connectivity index (χ0) is 21.9. The molecule has 0 aromatic carbocycles. The molecule has 158 valence electrons. The first-order valence-electron chi connectivity index (χ1n) is 8.65. The number of pyridine rings is 3. The van der Waals surface area contributed by atoms with Crippen molar-refractivity contribution in [1.82, 2.24) is 19.3 Å². The van der Waals surface area contributed by atoms with Crippen LogP contribution in [0.1, 0.15) is 29.9 Å². The quantitative estimate of drug-likeness (QED) is 0.428. The molecule has 0 aliphatic rings. The summed E-state index contributed by atoms with van der Waals surface area (Å²) in [5.41, 5.74) is -0.423. The molecular formula is C19H16F4N4O2S. The Labute approximate surface area is 170 Å². The maximum atomic E-state index is 13.2. The molecule has 6 nitrogen and oxygen atoms in total. The molecule has 30 heavy (non-hydrogen) atoms. The molecule has 3 aromatic rings. The molecule has 3 rings (SSSR count). The summed E-state index contributed by atoms with van der Waals surface area (Å²) in [6.45, 7) is 1.26. The molecule has 0 saturated heterocycles. The lowest BCUT2D eigenvalue weighted by molar-refractivity contribution is -0.137. The van der Waals surface area contributed by atoms with Crippen molar-refractivity contribution in [3.8, 4) is 0 Å². The average molecular weight is 440 g/mol. The van der Waals surface area contributed by atoms with Gasteiger partial charge < -0.3 is 0 Å². The molecule has 0 aliphatic carbocycles. The van der Waals surface area contributed by atoms with Crippen molar-refractivity contribution < 1.29 is 26.0 Å². The summed E-state index contributed by atoms with van der Waals surface area (Å²) in [6, 6.07) is 8.09. The maximum Gasteiger partial charge on any atom is 0.417 e. The van der Waals surface area contributed by atoms with Gasteiger partial charge in [-0.15, -0.1) is 0 Å². The lowest BCUT2D eigenvalue weighted by atomic mass is 10.2. The van der Waals surface area contributed by atoms with E-state index in [-0.39, 0.29) is 17.1 Å². The third-order valence-corrected chi connectivity index (χ3v) is 6.22. The molecule has 0 amide bonds. The maximum absolute atomic E-state index is 13.2. The summed E-state index contributed by atoms with van der Waals surface area (Å²) in [4.78, 5) is 11.0. The van der Waals surface area contributed by atoms with Crippen molar-refractivity contribution in [3.63, 3.8) is 0 Å². The smallest absolute Gasteiger partial charge is 0.260 e. The van der Waals surface area contributed by atoms with E-state index in [1.54, 1.807) is 25.1 Å². The van der Waals surface area contributed by atoms with E-state index in [9.17, 15) is 26.0 Å². The number of aromatic nitrogens is 3. The molecular weight excluding hydrogens is 424 g/mol. The highest BCUT2D eigenvalue weighted by molar-refractivity contribution is 7.89. The normalized spacial score (nSPS) is 13.4. The number of sulfonamides is 1. The molecule has 3 heterocycles. The van der Waals surface area contributed by atoms with E-state index in [2.05, 4.69) is 15.0 Å². The Bertz CT molecular complexity index is 1090. The minimum atomic E-state index is -4.56. The molecule has 0 fully saturated rings. The second-order valence-corrected chi connectivity index (χ2v) is 8.22. The molecule has 0 bridgehead atoms. The van der Waals surface area contributed by atoms with Gasteiger partial charge in [-0.25, -0.2) is 13.4 Å². The lowest BCUT2D eigenvalue weighted by Crippen LogP contribution is -2.34. The molecule has 0 aliphatic heterocycles. The Balaban J connectivity index is 2.00. The zero-order valence-corrected chi connectivity index (χ0v) is 16.4. The van der Waals surface area contributed by atoms with Crippen LogP contribution in [0.25, 0.3) is 0 Å². The Morgan fingerprint density at radius 3 is 2.30 bits per heavy atom. The van der Waals surface area contributed by atoms with Crippen LogP contribution in [0.3, 0.4) is 0 Å². The minimum absolute atomic E-state index is 0.101. The summed E-state index contributed by atoms with van der Waals surface area (Å²) < 4.78 is 79.0. The van der Waals surface area contributed by atoms with Gasteiger partial charge in [0.1, 0.15) is 4.90 Å². The summed E-state index contributed by atoms with van der Waals surface area (Å²) in [5, 5.41) is 0. The fraction of sp³-hybridized carbons (Fsp3) is 0.211. The van der Waals surface area contributed by atoms with Gasteiger partial charge in [-0.2, -0.15) is 21.9 Å². The van der Waals surface area contributed by atoms with Gasteiger partial charge in [0.05, 0.1) is 35.7 Å². The van der Waals surface area contributed by atoms with Gasteiger partial charge in [-0.3, -0.25) is 9.97 Å². The summed E-state index contributed by atoms with van der Waals surface area (Å²) >= 11 is 0. The van der Waals surface area contributed by atoms with Gasteiger partial charge >= 0.3 is 6.18 Å². The van der Waals surface area contributed by atoms with E-state index >= 15 is 0 Å². The number of nitrogens with zero attached hydrogens (tertiary/aromatic N) is 4. The van der Waals surface area contributed by atoms with Crippen molar-refractivity contribution in [2.75, 3.05) is 0 Å². The van der Waals surface area contributed by atoms with E-state index in [4.69, 9.17) is 0 Å². The molecule has 0 radical (unpaired) electrons. The summed E-state index contributed by atoms with van der Waals surface area (Å²) in [6.07, 6.45) is -1.54. The molecule has 1 unspecified atom stereocenters. The molecule has 0 spiro atoms. The number of rotatable bonds is 6. The molecule has 1 atom stereocenters. The van der Waals surface area contributed by atoms with E-state index < -0.39 is 33.8 Å². The van der Waals surface area contributed by atoms with Crippen molar-refractivity contribution in [2.45, 2.75) is 30.6 Å². The molecule has 0 saturated carbocycles. The van der Waals surface area contributed by atoms with Crippen LogP contribution >= 0.6 is 0 Å². The van der Waals surface area contributed by atoms with E-state index in [0.29, 0.717) is 11.9 Å². The topological polar surface area (TPSA) is 76.1 Å². The Morgan fingerprint density at radius 1 is 1.00 bits per heavy atom.